The minimum Gasteiger partial charge on any atom is -0.465 e. The molecule has 8 nitrogen and oxygen atoms in total. The first-order chi connectivity index (χ1) is 15.6. The van der Waals surface area contributed by atoms with Gasteiger partial charge in [-0.2, -0.15) is 0 Å². The lowest BCUT2D eigenvalue weighted by Crippen LogP contribution is -2.41. The van der Waals surface area contributed by atoms with Gasteiger partial charge in [0.2, 0.25) is 5.91 Å². The van der Waals surface area contributed by atoms with Crippen LogP contribution < -0.4 is 5.32 Å². The Morgan fingerprint density at radius 3 is 2.78 bits per heavy atom. The molecule has 2 amide bonds. The van der Waals surface area contributed by atoms with Crippen molar-refractivity contribution in [2.45, 2.75) is 64.0 Å². The maximum absolute atomic E-state index is 13.2. The summed E-state index contributed by atoms with van der Waals surface area (Å²) in [5.41, 5.74) is 1.48. The van der Waals surface area contributed by atoms with Crippen LogP contribution in [0.5, 0.6) is 0 Å². The molecule has 2 heterocycles. The lowest BCUT2D eigenvalue weighted by Gasteiger charge is -2.25. The van der Waals surface area contributed by atoms with E-state index in [-0.39, 0.29) is 36.0 Å². The third kappa shape index (κ3) is 5.03. The third-order valence-electron chi connectivity index (χ3n) is 5.79. The predicted molar refractivity (Wildman–Crippen MR) is 124 cm³/mol. The second-order valence-electron chi connectivity index (χ2n) is 8.09. The maximum atomic E-state index is 13.2. The molecule has 2 aliphatic heterocycles. The van der Waals surface area contributed by atoms with Crippen molar-refractivity contribution in [2.75, 3.05) is 12.4 Å². The molecule has 1 N–H and O–H groups in total. The van der Waals surface area contributed by atoms with Gasteiger partial charge >= 0.3 is 5.97 Å². The number of para-hydroxylation sites is 1. The Morgan fingerprint density at radius 2 is 2.00 bits per heavy atom. The van der Waals surface area contributed by atoms with Crippen molar-refractivity contribution in [1.29, 1.82) is 0 Å². The molecule has 0 spiro atoms. The number of ether oxygens (including phenoxy) is 1. The number of aliphatic imine (C=N–C) groups is 2. The van der Waals surface area contributed by atoms with Gasteiger partial charge in [0.15, 0.2) is 5.17 Å². The van der Waals surface area contributed by atoms with Crippen molar-refractivity contribution in [3.8, 4) is 0 Å². The molecule has 1 saturated carbocycles. The van der Waals surface area contributed by atoms with E-state index in [0.29, 0.717) is 29.7 Å². The van der Waals surface area contributed by atoms with Gasteiger partial charge in [-0.25, -0.2) is 9.89 Å². The largest absolute Gasteiger partial charge is 0.465 e. The van der Waals surface area contributed by atoms with Crippen LogP contribution in [0.1, 0.15) is 57.4 Å². The number of esters is 1. The van der Waals surface area contributed by atoms with E-state index in [0.717, 1.165) is 43.0 Å². The zero-order chi connectivity index (χ0) is 22.5. The van der Waals surface area contributed by atoms with Crippen molar-refractivity contribution >= 4 is 46.2 Å². The molecular weight excluding hydrogens is 428 g/mol. The van der Waals surface area contributed by atoms with Gasteiger partial charge in [0.05, 0.1) is 18.0 Å². The maximum Gasteiger partial charge on any atom is 0.316 e. The summed E-state index contributed by atoms with van der Waals surface area (Å²) in [6.07, 6.45) is 6.18. The van der Waals surface area contributed by atoms with Crippen LogP contribution in [0.25, 0.3) is 0 Å². The van der Waals surface area contributed by atoms with Gasteiger partial charge in [0.25, 0.3) is 5.91 Å². The number of fused-ring (bicyclic) bond motifs is 3. The van der Waals surface area contributed by atoms with Crippen molar-refractivity contribution in [2.24, 2.45) is 9.98 Å². The van der Waals surface area contributed by atoms with Crippen LogP contribution in [0.4, 0.5) is 5.69 Å². The average Bonchev–Trinajstić information content (AvgIpc) is 3.14. The number of carbonyl (C=O) groups excluding carboxylic acids is 3. The van der Waals surface area contributed by atoms with Gasteiger partial charge < -0.3 is 10.1 Å². The molecule has 4 rings (SSSR count). The Kier molecular flexibility index (Phi) is 7.24. The molecule has 1 atom stereocenters. The number of amidine groups is 2. The van der Waals surface area contributed by atoms with E-state index in [2.05, 4.69) is 15.3 Å². The summed E-state index contributed by atoms with van der Waals surface area (Å²) in [6, 6.07) is 7.09. The second kappa shape index (κ2) is 10.3. The number of hydrogen-bond acceptors (Lipinski definition) is 7. The van der Waals surface area contributed by atoms with Crippen molar-refractivity contribution in [3.05, 3.63) is 29.8 Å². The molecule has 3 aliphatic rings. The SMILES string of the molecule is CCOC(=O)CSC1=Nc2ccccc2C2=NC(CCC(=O)NC3CCCCC3)C(=O)N12. The van der Waals surface area contributed by atoms with Crippen LogP contribution >= 0.6 is 11.8 Å². The van der Waals surface area contributed by atoms with Crippen LogP contribution in [-0.4, -0.2) is 58.1 Å². The zero-order valence-electron chi connectivity index (χ0n) is 18.2. The quantitative estimate of drug-likeness (QED) is 0.635. The molecule has 1 aliphatic carbocycles. The average molecular weight is 457 g/mol. The molecular formula is C23H28N4O4S. The highest BCUT2D eigenvalue weighted by Gasteiger charge is 2.41. The molecule has 1 aromatic carbocycles. The van der Waals surface area contributed by atoms with Crippen LogP contribution in [0.15, 0.2) is 34.3 Å². The number of nitrogens with zero attached hydrogens (tertiary/aromatic N) is 3. The van der Waals surface area contributed by atoms with E-state index in [1.165, 1.54) is 11.3 Å². The number of amides is 2. The van der Waals surface area contributed by atoms with Crippen molar-refractivity contribution in [1.82, 2.24) is 10.2 Å². The molecule has 0 saturated heterocycles. The van der Waals surface area contributed by atoms with Gasteiger partial charge in [-0.3, -0.25) is 19.4 Å². The molecule has 9 heteroatoms. The summed E-state index contributed by atoms with van der Waals surface area (Å²) in [6.45, 7) is 2.05. The van der Waals surface area contributed by atoms with Crippen LogP contribution in [0.3, 0.4) is 0 Å². The highest BCUT2D eigenvalue weighted by molar-refractivity contribution is 8.14. The number of hydrogen-bond donors (Lipinski definition) is 1. The number of carbonyl (C=O) groups is 3. The van der Waals surface area contributed by atoms with E-state index in [1.54, 1.807) is 6.92 Å². The smallest absolute Gasteiger partial charge is 0.316 e. The topological polar surface area (TPSA) is 100 Å². The first-order valence-electron chi connectivity index (χ1n) is 11.2. The number of nitrogens with one attached hydrogen (secondary N) is 1. The van der Waals surface area contributed by atoms with E-state index in [9.17, 15) is 14.4 Å². The Hall–Kier alpha value is -2.68. The summed E-state index contributed by atoms with van der Waals surface area (Å²) in [4.78, 5) is 48.2. The van der Waals surface area contributed by atoms with E-state index in [1.807, 2.05) is 24.3 Å². The summed E-state index contributed by atoms with van der Waals surface area (Å²) in [5, 5.41) is 3.51. The summed E-state index contributed by atoms with van der Waals surface area (Å²) in [7, 11) is 0. The van der Waals surface area contributed by atoms with E-state index in [4.69, 9.17) is 4.74 Å². The summed E-state index contributed by atoms with van der Waals surface area (Å²) < 4.78 is 5.00. The second-order valence-corrected chi connectivity index (χ2v) is 9.03. The normalized spacial score (nSPS) is 20.2. The van der Waals surface area contributed by atoms with Gasteiger partial charge in [0.1, 0.15) is 11.9 Å². The fourth-order valence-corrected chi connectivity index (χ4v) is 5.03. The Balaban J connectivity index is 1.45. The number of rotatable bonds is 7. The highest BCUT2D eigenvalue weighted by Crippen LogP contribution is 2.34. The van der Waals surface area contributed by atoms with E-state index < -0.39 is 6.04 Å². The third-order valence-corrected chi connectivity index (χ3v) is 6.70. The lowest BCUT2D eigenvalue weighted by atomic mass is 9.95. The van der Waals surface area contributed by atoms with Crippen LogP contribution in [0.2, 0.25) is 0 Å². The Labute approximate surface area is 191 Å². The highest BCUT2D eigenvalue weighted by atomic mass is 32.2. The number of thioether (sulfide) groups is 1. The van der Waals surface area contributed by atoms with Gasteiger partial charge in [0, 0.05) is 18.0 Å². The molecule has 0 aromatic heterocycles. The molecule has 1 unspecified atom stereocenters. The minimum absolute atomic E-state index is 0.0271. The molecule has 1 fully saturated rings. The van der Waals surface area contributed by atoms with Gasteiger partial charge in [-0.1, -0.05) is 43.2 Å². The molecule has 170 valence electrons. The Morgan fingerprint density at radius 1 is 1.22 bits per heavy atom. The van der Waals surface area contributed by atoms with E-state index >= 15 is 0 Å². The molecule has 32 heavy (non-hydrogen) atoms. The minimum atomic E-state index is -0.637. The Bertz CT molecular complexity index is 955. The van der Waals surface area contributed by atoms with Crippen LogP contribution in [0, 0.1) is 0 Å². The molecule has 1 aromatic rings. The van der Waals surface area contributed by atoms with Gasteiger partial charge in [-0.15, -0.1) is 0 Å². The first kappa shape index (κ1) is 22.5. The van der Waals surface area contributed by atoms with Crippen molar-refractivity contribution < 1.29 is 19.1 Å². The standard InChI is InChI=1S/C23H28N4O4S/c1-2-31-20(29)14-32-23-26-17-11-7-6-10-16(17)21-25-18(22(30)27(21)23)12-13-19(28)24-15-8-4-3-5-9-15/h6-7,10-11,15,18H,2-5,8-9,12-14H2,1H3,(H,24,28). The monoisotopic (exact) mass is 456 g/mol. The molecule has 0 radical (unpaired) electrons. The van der Waals surface area contributed by atoms with Crippen LogP contribution in [-0.2, 0) is 19.1 Å². The van der Waals surface area contributed by atoms with Gasteiger partial charge in [-0.05, 0) is 38.3 Å². The lowest BCUT2D eigenvalue weighted by molar-refractivity contribution is -0.139. The fraction of sp³-hybridized carbons (Fsp3) is 0.522. The van der Waals surface area contributed by atoms with Crippen molar-refractivity contribution in [3.63, 3.8) is 0 Å². The summed E-state index contributed by atoms with van der Waals surface area (Å²) >= 11 is 1.16. The molecule has 0 bridgehead atoms. The number of benzene rings is 1. The summed E-state index contributed by atoms with van der Waals surface area (Å²) in [5.74, 6) is -0.0130. The predicted octanol–water partition coefficient (Wildman–Crippen LogP) is 3.17. The fourth-order valence-electron chi connectivity index (χ4n) is 4.23. The zero-order valence-corrected chi connectivity index (χ0v) is 19.0. The first-order valence-corrected chi connectivity index (χ1v) is 12.2.